The molecule has 6 nitrogen and oxygen atoms in total. The first-order chi connectivity index (χ1) is 20.5. The molecule has 0 radical (unpaired) electrons. The molecule has 4 aromatic carbocycles. The number of aliphatic hydroxyl groups is 1. The van der Waals surface area contributed by atoms with Gasteiger partial charge in [-0.1, -0.05) is 92.2 Å². The van der Waals surface area contributed by atoms with Crippen molar-refractivity contribution in [2.75, 3.05) is 25.2 Å². The number of esters is 1. The third-order valence-corrected chi connectivity index (χ3v) is 7.06. The minimum Gasteiger partial charge on any atom is -0.490 e. The molecule has 0 bridgehead atoms. The van der Waals surface area contributed by atoms with Gasteiger partial charge >= 0.3 is 5.97 Å². The van der Waals surface area contributed by atoms with Crippen LogP contribution in [0.1, 0.15) is 58.5 Å². The lowest BCUT2D eigenvalue weighted by Gasteiger charge is -2.33. The molecule has 42 heavy (non-hydrogen) atoms. The molecule has 4 rings (SSSR count). The minimum absolute atomic E-state index is 0.00474. The van der Waals surface area contributed by atoms with Crippen LogP contribution in [0.4, 0.5) is 10.1 Å². The van der Waals surface area contributed by atoms with E-state index in [1.807, 2.05) is 78.6 Å². The average Bonchev–Trinajstić information content (AvgIpc) is 3.01. The molecule has 4 aromatic rings. The maximum atomic E-state index is 16.6. The Morgan fingerprint density at radius 1 is 0.905 bits per heavy atom. The molecule has 7 heteroatoms. The average molecular weight is 572 g/mol. The molecular weight excluding hydrogens is 533 g/mol. The number of ether oxygens (including phenoxy) is 3. The van der Waals surface area contributed by atoms with E-state index in [9.17, 15) is 9.90 Å². The fourth-order valence-electron chi connectivity index (χ4n) is 4.89. The van der Waals surface area contributed by atoms with Crippen molar-refractivity contribution in [3.05, 3.63) is 125 Å². The van der Waals surface area contributed by atoms with Crippen LogP contribution in [-0.2, 0) is 17.8 Å². The Hall–Kier alpha value is -4.20. The van der Waals surface area contributed by atoms with Gasteiger partial charge in [0.1, 0.15) is 23.2 Å². The maximum Gasteiger partial charge on any atom is 0.347 e. The van der Waals surface area contributed by atoms with Crippen LogP contribution in [0, 0.1) is 12.7 Å². The highest BCUT2D eigenvalue weighted by Gasteiger charge is 2.34. The van der Waals surface area contributed by atoms with E-state index in [0.717, 1.165) is 24.0 Å². The number of methoxy groups -OCH3 is 1. The number of halogens is 1. The number of hydrogen-bond donors (Lipinski definition) is 1. The lowest BCUT2D eigenvalue weighted by molar-refractivity contribution is 0.0458. The van der Waals surface area contributed by atoms with Crippen molar-refractivity contribution in [1.29, 1.82) is 0 Å². The van der Waals surface area contributed by atoms with Crippen molar-refractivity contribution >= 4 is 11.7 Å². The van der Waals surface area contributed by atoms with Crippen LogP contribution in [0.3, 0.4) is 0 Å². The lowest BCUT2D eigenvalue weighted by Crippen LogP contribution is -2.28. The fraction of sp³-hybridized carbons (Fsp3) is 0.286. The number of aliphatic hydroxyl groups excluding tert-OH is 1. The molecule has 0 saturated heterocycles. The number of hydrogen-bond acceptors (Lipinski definition) is 6. The molecule has 0 fully saturated rings. The highest BCUT2D eigenvalue weighted by atomic mass is 19.1. The number of carbonyl (C=O) groups excluding carboxylic acids is 1. The van der Waals surface area contributed by atoms with Crippen molar-refractivity contribution in [2.24, 2.45) is 0 Å². The number of para-hydroxylation sites is 1. The summed E-state index contributed by atoms with van der Waals surface area (Å²) in [6.45, 7) is 4.17. The van der Waals surface area contributed by atoms with Gasteiger partial charge < -0.3 is 24.2 Å². The van der Waals surface area contributed by atoms with E-state index in [0.29, 0.717) is 31.1 Å². The summed E-state index contributed by atoms with van der Waals surface area (Å²) in [7, 11) is 1.42. The summed E-state index contributed by atoms with van der Waals surface area (Å²) in [6, 6.07) is 28.3. The smallest absolute Gasteiger partial charge is 0.347 e. The summed E-state index contributed by atoms with van der Waals surface area (Å²) in [4.78, 5) is 15.8. The predicted octanol–water partition coefficient (Wildman–Crippen LogP) is 7.42. The highest BCUT2D eigenvalue weighted by Crippen LogP contribution is 2.45. The van der Waals surface area contributed by atoms with Crippen LogP contribution in [0.2, 0.25) is 0 Å². The van der Waals surface area contributed by atoms with Crippen molar-refractivity contribution in [3.8, 4) is 11.5 Å². The van der Waals surface area contributed by atoms with Crippen molar-refractivity contribution in [3.63, 3.8) is 0 Å². The standard InChI is InChI=1S/C35H38FNO5/c1-4-5-21-41-34-30(35(39)42-28-19-13-8-14-20-28)25(2)32(36)31(29(24-38)40-3)33(34)37(22-26-15-9-6-10-16-26)23-27-17-11-7-12-18-27/h6-20,29,38H,4-5,21-24H2,1-3H3. The maximum absolute atomic E-state index is 16.6. The Kier molecular flexibility index (Phi) is 11.1. The van der Waals surface area contributed by atoms with E-state index < -0.39 is 24.5 Å². The van der Waals surface area contributed by atoms with E-state index in [1.54, 1.807) is 24.3 Å². The monoisotopic (exact) mass is 571 g/mol. The quantitative estimate of drug-likeness (QED) is 0.0965. The largest absolute Gasteiger partial charge is 0.490 e. The van der Waals surface area contributed by atoms with Gasteiger partial charge in [-0.15, -0.1) is 0 Å². The summed E-state index contributed by atoms with van der Waals surface area (Å²) >= 11 is 0. The number of carbonyl (C=O) groups is 1. The summed E-state index contributed by atoms with van der Waals surface area (Å²) < 4.78 is 34.3. The molecule has 220 valence electrons. The molecule has 0 amide bonds. The zero-order valence-electron chi connectivity index (χ0n) is 24.4. The van der Waals surface area contributed by atoms with Gasteiger partial charge in [0.05, 0.1) is 18.9 Å². The third kappa shape index (κ3) is 7.35. The molecule has 1 N–H and O–H groups in total. The second-order valence-electron chi connectivity index (χ2n) is 10.0. The van der Waals surface area contributed by atoms with E-state index in [1.165, 1.54) is 14.0 Å². The zero-order valence-corrected chi connectivity index (χ0v) is 24.4. The molecular formula is C35H38FNO5. The second-order valence-corrected chi connectivity index (χ2v) is 10.0. The van der Waals surface area contributed by atoms with Crippen molar-refractivity contribution in [2.45, 2.75) is 45.9 Å². The summed E-state index contributed by atoms with van der Waals surface area (Å²) in [5.41, 5.74) is 2.51. The summed E-state index contributed by atoms with van der Waals surface area (Å²) in [5.74, 6) is -0.835. The molecule has 0 aliphatic carbocycles. The second kappa shape index (κ2) is 15.1. The molecule has 0 heterocycles. The van der Waals surface area contributed by atoms with Crippen LogP contribution in [0.25, 0.3) is 0 Å². The predicted molar refractivity (Wildman–Crippen MR) is 163 cm³/mol. The van der Waals surface area contributed by atoms with Gasteiger partial charge in [0.2, 0.25) is 0 Å². The van der Waals surface area contributed by atoms with Crippen LogP contribution in [0.15, 0.2) is 91.0 Å². The van der Waals surface area contributed by atoms with Gasteiger partial charge in [-0.25, -0.2) is 9.18 Å². The first kappa shape index (κ1) is 30.8. The van der Waals surface area contributed by atoms with Crippen LogP contribution in [0.5, 0.6) is 11.5 Å². The van der Waals surface area contributed by atoms with E-state index >= 15 is 4.39 Å². The first-order valence-corrected chi connectivity index (χ1v) is 14.2. The molecule has 0 aromatic heterocycles. The Labute approximate surface area is 247 Å². The molecule has 0 spiro atoms. The van der Waals surface area contributed by atoms with Gasteiger partial charge in [0.15, 0.2) is 5.75 Å². The summed E-state index contributed by atoms with van der Waals surface area (Å²) in [5, 5.41) is 10.3. The normalized spacial score (nSPS) is 11.6. The molecule has 0 aliphatic heterocycles. The van der Waals surface area contributed by atoms with E-state index in [2.05, 4.69) is 0 Å². The minimum atomic E-state index is -1.000. The SMILES string of the molecule is CCCCOc1c(C(=O)Oc2ccccc2)c(C)c(F)c(C(CO)OC)c1N(Cc1ccccc1)Cc1ccccc1. The third-order valence-electron chi connectivity index (χ3n) is 7.06. The number of anilines is 1. The number of benzene rings is 4. The Balaban J connectivity index is 1.99. The van der Waals surface area contributed by atoms with Crippen molar-refractivity contribution in [1.82, 2.24) is 0 Å². The molecule has 0 saturated carbocycles. The number of unbranched alkanes of at least 4 members (excludes halogenated alkanes) is 1. The Morgan fingerprint density at radius 3 is 1.95 bits per heavy atom. The Morgan fingerprint density at radius 2 is 1.45 bits per heavy atom. The number of rotatable bonds is 14. The highest BCUT2D eigenvalue weighted by molar-refractivity contribution is 5.98. The molecule has 1 atom stereocenters. The fourth-order valence-corrected chi connectivity index (χ4v) is 4.89. The van der Waals surface area contributed by atoms with Gasteiger partial charge in [-0.05, 0) is 36.6 Å². The van der Waals surface area contributed by atoms with Crippen LogP contribution in [-0.4, -0.2) is 31.4 Å². The number of nitrogens with zero attached hydrogens (tertiary/aromatic N) is 1. The lowest BCUT2D eigenvalue weighted by atomic mass is 9.95. The van der Waals surface area contributed by atoms with Crippen LogP contribution < -0.4 is 14.4 Å². The van der Waals surface area contributed by atoms with Gasteiger partial charge in [-0.2, -0.15) is 0 Å². The van der Waals surface area contributed by atoms with Gasteiger partial charge in [0, 0.05) is 31.3 Å². The zero-order chi connectivity index (χ0) is 29.9. The summed E-state index contributed by atoms with van der Waals surface area (Å²) in [6.07, 6.45) is 0.588. The van der Waals surface area contributed by atoms with Gasteiger partial charge in [0.25, 0.3) is 0 Å². The van der Waals surface area contributed by atoms with E-state index in [-0.39, 0.29) is 22.4 Å². The first-order valence-electron chi connectivity index (χ1n) is 14.2. The van der Waals surface area contributed by atoms with Gasteiger partial charge in [-0.3, -0.25) is 0 Å². The van der Waals surface area contributed by atoms with Crippen LogP contribution >= 0.6 is 0 Å². The Bertz CT molecular complexity index is 1390. The molecule has 0 aliphatic rings. The molecule has 1 unspecified atom stereocenters. The topological polar surface area (TPSA) is 68.2 Å². The van der Waals surface area contributed by atoms with E-state index in [4.69, 9.17) is 14.2 Å². The van der Waals surface area contributed by atoms with Crippen molar-refractivity contribution < 1.29 is 28.5 Å².